The minimum atomic E-state index is -3.72. The van der Waals surface area contributed by atoms with Crippen LogP contribution in [0.15, 0.2) is 53.4 Å². The second-order valence-electron chi connectivity index (χ2n) is 7.34. The van der Waals surface area contributed by atoms with Gasteiger partial charge in [0.05, 0.1) is 10.9 Å². The Balaban J connectivity index is 1.59. The molecule has 0 saturated carbocycles. The Kier molecular flexibility index (Phi) is 6.49. The molecular formula is C21H27N3O3S. The fourth-order valence-electron chi connectivity index (χ4n) is 3.45. The molecule has 1 amide bonds. The molecule has 28 heavy (non-hydrogen) atoms. The van der Waals surface area contributed by atoms with E-state index in [1.165, 1.54) is 37.0 Å². The third-order valence-electron chi connectivity index (χ3n) is 5.13. The first-order chi connectivity index (χ1) is 13.3. The molecule has 2 aromatic carbocycles. The zero-order valence-corrected chi connectivity index (χ0v) is 16.9. The minimum absolute atomic E-state index is 0.0547. The smallest absolute Gasteiger partial charge is 0.251 e. The molecule has 3 rings (SSSR count). The Morgan fingerprint density at radius 3 is 2.21 bits per heavy atom. The normalized spacial score (nSPS) is 16.5. The summed E-state index contributed by atoms with van der Waals surface area (Å²) < 4.78 is 22.7. The summed E-state index contributed by atoms with van der Waals surface area (Å²) in [6.45, 7) is 5.07. The second-order valence-corrected chi connectivity index (χ2v) is 8.90. The van der Waals surface area contributed by atoms with E-state index >= 15 is 0 Å². The predicted octanol–water partition coefficient (Wildman–Crippen LogP) is 2.81. The number of sulfonamides is 1. The van der Waals surface area contributed by atoms with Crippen LogP contribution in [0.1, 0.15) is 53.7 Å². The fraction of sp³-hybridized carbons (Fsp3) is 0.381. The van der Waals surface area contributed by atoms with Crippen LogP contribution in [0.3, 0.4) is 0 Å². The van der Waals surface area contributed by atoms with Crippen molar-refractivity contribution in [3.05, 3.63) is 65.2 Å². The van der Waals surface area contributed by atoms with Gasteiger partial charge in [-0.25, -0.2) is 13.6 Å². The molecule has 1 fully saturated rings. The number of hydrogen-bond donors (Lipinski definition) is 2. The van der Waals surface area contributed by atoms with Gasteiger partial charge in [-0.15, -0.1) is 0 Å². The van der Waals surface area contributed by atoms with Gasteiger partial charge in [-0.1, -0.05) is 30.7 Å². The molecule has 1 heterocycles. The third kappa shape index (κ3) is 5.41. The average molecular weight is 402 g/mol. The zero-order chi connectivity index (χ0) is 20.1. The maximum Gasteiger partial charge on any atom is 0.251 e. The number of rotatable bonds is 6. The van der Waals surface area contributed by atoms with E-state index in [9.17, 15) is 13.2 Å². The van der Waals surface area contributed by atoms with Gasteiger partial charge in [0.15, 0.2) is 0 Å². The fourth-order valence-corrected chi connectivity index (χ4v) is 3.96. The van der Waals surface area contributed by atoms with Crippen molar-refractivity contribution in [2.75, 3.05) is 13.1 Å². The van der Waals surface area contributed by atoms with Crippen molar-refractivity contribution >= 4 is 15.9 Å². The van der Waals surface area contributed by atoms with Gasteiger partial charge in [-0.05, 0) is 68.2 Å². The van der Waals surface area contributed by atoms with Gasteiger partial charge < -0.3 is 5.32 Å². The van der Waals surface area contributed by atoms with Crippen molar-refractivity contribution in [3.63, 3.8) is 0 Å². The molecule has 2 aromatic rings. The molecule has 3 N–H and O–H groups in total. The van der Waals surface area contributed by atoms with Gasteiger partial charge in [0.1, 0.15) is 0 Å². The number of nitrogens with zero attached hydrogens (tertiary/aromatic N) is 1. The van der Waals surface area contributed by atoms with E-state index in [4.69, 9.17) is 5.14 Å². The van der Waals surface area contributed by atoms with E-state index in [1.807, 2.05) is 31.2 Å². The maximum absolute atomic E-state index is 12.5. The minimum Gasteiger partial charge on any atom is -0.346 e. The number of carbonyl (C=O) groups is 1. The quantitative estimate of drug-likeness (QED) is 0.778. The summed E-state index contributed by atoms with van der Waals surface area (Å²) in [5, 5.41) is 8.05. The lowest BCUT2D eigenvalue weighted by atomic mass is 10.1. The van der Waals surface area contributed by atoms with Gasteiger partial charge in [0.2, 0.25) is 10.0 Å². The van der Waals surface area contributed by atoms with Crippen molar-refractivity contribution in [2.24, 2.45) is 5.14 Å². The summed E-state index contributed by atoms with van der Waals surface area (Å²) in [6, 6.07) is 13.7. The van der Waals surface area contributed by atoms with Crippen molar-refractivity contribution in [1.29, 1.82) is 0 Å². The van der Waals surface area contributed by atoms with Gasteiger partial charge in [-0.2, -0.15) is 0 Å². The number of likely N-dealkylation sites (tertiary alicyclic amines) is 1. The SMILES string of the molecule is C[C@@H](NC(=O)c1ccc(CN2CCCCC2)cc1)c1ccc(S(N)(=O)=O)cc1. The molecule has 1 aliphatic rings. The molecule has 0 aromatic heterocycles. The molecular weight excluding hydrogens is 374 g/mol. The van der Waals surface area contributed by atoms with Crippen LogP contribution < -0.4 is 10.5 Å². The number of piperidine rings is 1. The lowest BCUT2D eigenvalue weighted by Gasteiger charge is -2.26. The molecule has 7 heteroatoms. The number of carbonyl (C=O) groups excluding carboxylic acids is 1. The lowest BCUT2D eigenvalue weighted by Crippen LogP contribution is -2.29. The number of hydrogen-bond acceptors (Lipinski definition) is 4. The predicted molar refractivity (Wildman–Crippen MR) is 109 cm³/mol. The van der Waals surface area contributed by atoms with E-state index < -0.39 is 10.0 Å². The van der Waals surface area contributed by atoms with Crippen molar-refractivity contribution in [2.45, 2.75) is 43.7 Å². The van der Waals surface area contributed by atoms with Crippen LogP contribution in [0, 0.1) is 0 Å². The lowest BCUT2D eigenvalue weighted by molar-refractivity contribution is 0.0940. The number of primary sulfonamides is 1. The van der Waals surface area contributed by atoms with Crippen LogP contribution >= 0.6 is 0 Å². The highest BCUT2D eigenvalue weighted by Gasteiger charge is 2.14. The van der Waals surface area contributed by atoms with Gasteiger partial charge >= 0.3 is 0 Å². The Bertz CT molecular complexity index is 903. The molecule has 150 valence electrons. The average Bonchev–Trinajstić information content (AvgIpc) is 2.68. The van der Waals surface area contributed by atoms with Crippen LogP contribution in [0.2, 0.25) is 0 Å². The zero-order valence-electron chi connectivity index (χ0n) is 16.1. The highest BCUT2D eigenvalue weighted by Crippen LogP contribution is 2.17. The van der Waals surface area contributed by atoms with Crippen LogP contribution in [-0.4, -0.2) is 32.3 Å². The molecule has 1 atom stereocenters. The Morgan fingerprint density at radius 2 is 1.64 bits per heavy atom. The summed E-state index contributed by atoms with van der Waals surface area (Å²) in [6.07, 6.45) is 3.84. The third-order valence-corrected chi connectivity index (χ3v) is 6.06. The van der Waals surface area contributed by atoms with Gasteiger partial charge in [-0.3, -0.25) is 9.69 Å². The van der Waals surface area contributed by atoms with E-state index in [0.29, 0.717) is 5.56 Å². The van der Waals surface area contributed by atoms with Gasteiger partial charge in [0.25, 0.3) is 5.91 Å². The molecule has 1 aliphatic heterocycles. The summed E-state index contributed by atoms with van der Waals surface area (Å²) >= 11 is 0. The van der Waals surface area contributed by atoms with E-state index in [0.717, 1.165) is 25.2 Å². The molecule has 1 saturated heterocycles. The molecule has 0 spiro atoms. The first kappa shape index (κ1) is 20.5. The summed E-state index contributed by atoms with van der Waals surface area (Å²) in [5.74, 6) is -0.160. The van der Waals surface area contributed by atoms with Crippen LogP contribution in [-0.2, 0) is 16.6 Å². The Labute approximate surface area is 166 Å². The first-order valence-corrected chi connectivity index (χ1v) is 11.1. The Morgan fingerprint density at radius 1 is 1.04 bits per heavy atom. The molecule has 0 radical (unpaired) electrons. The van der Waals surface area contributed by atoms with Crippen molar-refractivity contribution in [3.8, 4) is 0 Å². The number of nitrogens with one attached hydrogen (secondary N) is 1. The highest BCUT2D eigenvalue weighted by molar-refractivity contribution is 7.89. The monoisotopic (exact) mass is 401 g/mol. The van der Waals surface area contributed by atoms with Crippen molar-refractivity contribution < 1.29 is 13.2 Å². The molecule has 0 bridgehead atoms. The highest BCUT2D eigenvalue weighted by atomic mass is 32.2. The van der Waals surface area contributed by atoms with Crippen molar-refractivity contribution in [1.82, 2.24) is 10.2 Å². The van der Waals surface area contributed by atoms with Crippen LogP contribution in [0.4, 0.5) is 0 Å². The standard InChI is InChI=1S/C21H27N3O3S/c1-16(18-9-11-20(12-10-18)28(22,26)27)23-21(25)19-7-5-17(6-8-19)15-24-13-3-2-4-14-24/h5-12,16H,2-4,13-15H2,1H3,(H,23,25)(H2,22,26,27)/t16-/m1/s1. The largest absolute Gasteiger partial charge is 0.346 e. The number of amides is 1. The number of nitrogens with two attached hydrogens (primary N) is 1. The van der Waals surface area contributed by atoms with Crippen LogP contribution in [0.25, 0.3) is 0 Å². The Hall–Kier alpha value is -2.22. The van der Waals surface area contributed by atoms with E-state index in [1.54, 1.807) is 12.1 Å². The van der Waals surface area contributed by atoms with Crippen LogP contribution in [0.5, 0.6) is 0 Å². The first-order valence-electron chi connectivity index (χ1n) is 9.58. The summed E-state index contributed by atoms with van der Waals surface area (Å²) in [4.78, 5) is 15.0. The van der Waals surface area contributed by atoms with E-state index in [2.05, 4.69) is 10.2 Å². The topological polar surface area (TPSA) is 92.5 Å². The number of benzene rings is 2. The molecule has 0 unspecified atom stereocenters. The summed E-state index contributed by atoms with van der Waals surface area (Å²) in [7, 11) is -3.72. The van der Waals surface area contributed by atoms with Gasteiger partial charge in [0, 0.05) is 12.1 Å². The maximum atomic E-state index is 12.5. The molecule has 0 aliphatic carbocycles. The summed E-state index contributed by atoms with van der Waals surface area (Å²) in [5.41, 5.74) is 2.63. The molecule has 6 nitrogen and oxygen atoms in total. The van der Waals surface area contributed by atoms with E-state index in [-0.39, 0.29) is 16.8 Å². The second kappa shape index (κ2) is 8.86.